The molecule has 1 N–H and O–H groups in total. The Morgan fingerprint density at radius 2 is 2.09 bits per heavy atom. The van der Waals surface area contributed by atoms with Crippen LogP contribution in [0.2, 0.25) is 5.02 Å². The minimum absolute atomic E-state index is 0. The Morgan fingerprint density at radius 3 is 2.55 bits per heavy atom. The molecule has 0 aliphatic heterocycles. The van der Waals surface area contributed by atoms with E-state index in [0.29, 0.717) is 11.3 Å². The van der Waals surface area contributed by atoms with Crippen molar-refractivity contribution in [2.45, 2.75) is 0 Å². The Labute approximate surface area is 89.3 Å². The minimum atomic E-state index is -0.0810. The largest absolute Gasteiger partial charge is 0.507 e. The van der Waals surface area contributed by atoms with Crippen molar-refractivity contribution in [2.24, 2.45) is 0 Å². The SMILES string of the molecule is O=Cc1ccc(Cl)cc1O.[Pb]. The Hall–Kier alpha value is -0.0979. The summed E-state index contributed by atoms with van der Waals surface area (Å²) in [5.41, 5.74) is 0.254. The molecule has 1 rings (SSSR count). The van der Waals surface area contributed by atoms with E-state index < -0.39 is 0 Å². The fourth-order valence-electron chi connectivity index (χ4n) is 0.616. The first-order chi connectivity index (χ1) is 4.74. The third kappa shape index (κ3) is 2.78. The van der Waals surface area contributed by atoms with Crippen molar-refractivity contribution >= 4 is 45.2 Å². The van der Waals surface area contributed by atoms with Crippen LogP contribution in [0.25, 0.3) is 0 Å². The third-order valence-electron chi connectivity index (χ3n) is 1.12. The number of benzene rings is 1. The van der Waals surface area contributed by atoms with Gasteiger partial charge in [-0.2, -0.15) is 0 Å². The first-order valence-corrected chi connectivity index (χ1v) is 3.05. The van der Waals surface area contributed by atoms with Crippen LogP contribution in [-0.2, 0) is 0 Å². The zero-order valence-corrected chi connectivity index (χ0v) is 10.2. The number of aromatic hydroxyl groups is 1. The molecular weight excluding hydrogens is 359 g/mol. The van der Waals surface area contributed by atoms with Crippen LogP contribution in [0.5, 0.6) is 5.75 Å². The van der Waals surface area contributed by atoms with Gasteiger partial charge in [-0.25, -0.2) is 0 Å². The zero-order chi connectivity index (χ0) is 7.56. The van der Waals surface area contributed by atoms with Crippen LogP contribution in [0.3, 0.4) is 0 Å². The Kier molecular flexibility index (Phi) is 4.67. The molecule has 0 fully saturated rings. The van der Waals surface area contributed by atoms with E-state index in [-0.39, 0.29) is 38.6 Å². The van der Waals surface area contributed by atoms with Gasteiger partial charge in [-0.1, -0.05) is 11.6 Å². The summed E-state index contributed by atoms with van der Waals surface area (Å²) >= 11 is 5.50. The summed E-state index contributed by atoms with van der Waals surface area (Å²) in [7, 11) is 0. The second-order valence-corrected chi connectivity index (χ2v) is 2.26. The number of phenols is 1. The molecule has 4 heteroatoms. The van der Waals surface area contributed by atoms with Crippen molar-refractivity contribution in [1.29, 1.82) is 0 Å². The van der Waals surface area contributed by atoms with Crippen molar-refractivity contribution in [3.63, 3.8) is 0 Å². The second kappa shape index (κ2) is 4.71. The maximum atomic E-state index is 10.1. The average molecular weight is 364 g/mol. The van der Waals surface area contributed by atoms with Gasteiger partial charge in [-0.15, -0.1) is 0 Å². The molecule has 0 saturated heterocycles. The van der Waals surface area contributed by atoms with Gasteiger partial charge in [0.05, 0.1) is 5.56 Å². The zero-order valence-electron chi connectivity index (χ0n) is 5.54. The van der Waals surface area contributed by atoms with Gasteiger partial charge in [0.15, 0.2) is 6.29 Å². The molecule has 0 amide bonds. The number of hydrogen-bond acceptors (Lipinski definition) is 2. The van der Waals surface area contributed by atoms with Crippen LogP contribution < -0.4 is 0 Å². The fraction of sp³-hybridized carbons (Fsp3) is 0. The molecule has 0 aromatic heterocycles. The van der Waals surface area contributed by atoms with Crippen molar-refractivity contribution < 1.29 is 9.90 Å². The minimum Gasteiger partial charge on any atom is -0.507 e. The number of phenolic OH excluding ortho intramolecular Hbond substituents is 1. The number of carbonyl (C=O) groups excluding carboxylic acids is 1. The van der Waals surface area contributed by atoms with E-state index in [9.17, 15) is 4.79 Å². The first kappa shape index (κ1) is 10.9. The number of rotatable bonds is 1. The van der Waals surface area contributed by atoms with Crippen molar-refractivity contribution in [2.75, 3.05) is 0 Å². The summed E-state index contributed by atoms with van der Waals surface area (Å²) in [6, 6.07) is 4.33. The molecule has 0 aliphatic carbocycles. The second-order valence-electron chi connectivity index (χ2n) is 1.82. The van der Waals surface area contributed by atoms with Crippen LogP contribution in [0.4, 0.5) is 0 Å². The van der Waals surface area contributed by atoms with E-state index in [1.165, 1.54) is 12.1 Å². The summed E-state index contributed by atoms with van der Waals surface area (Å²) in [4.78, 5) is 10.1. The molecule has 0 spiro atoms. The van der Waals surface area contributed by atoms with Gasteiger partial charge < -0.3 is 5.11 Å². The molecule has 0 bridgehead atoms. The van der Waals surface area contributed by atoms with E-state index in [2.05, 4.69) is 0 Å². The Bertz CT molecular complexity index is 263. The van der Waals surface area contributed by atoms with Gasteiger partial charge in [0.1, 0.15) is 5.75 Å². The summed E-state index contributed by atoms with van der Waals surface area (Å²) in [5, 5.41) is 9.40. The quantitative estimate of drug-likeness (QED) is 0.606. The third-order valence-corrected chi connectivity index (χ3v) is 1.35. The average Bonchev–Trinajstić information content (AvgIpc) is 1.88. The van der Waals surface area contributed by atoms with E-state index in [1.807, 2.05) is 0 Å². The molecular formula is C7H5ClO2Pb. The van der Waals surface area contributed by atoms with Gasteiger partial charge in [-0.3, -0.25) is 4.79 Å². The van der Waals surface area contributed by atoms with Crippen LogP contribution in [0.1, 0.15) is 10.4 Å². The van der Waals surface area contributed by atoms with E-state index in [1.54, 1.807) is 6.07 Å². The summed E-state index contributed by atoms with van der Waals surface area (Å²) in [6.07, 6.45) is 0.575. The number of carbonyl (C=O) groups is 1. The summed E-state index contributed by atoms with van der Waals surface area (Å²) in [6.45, 7) is 0. The molecule has 2 nitrogen and oxygen atoms in total. The smallest absolute Gasteiger partial charge is 0.153 e. The number of aldehydes is 1. The molecule has 4 radical (unpaired) electrons. The van der Waals surface area contributed by atoms with Crippen molar-refractivity contribution in [3.8, 4) is 5.75 Å². The predicted octanol–water partition coefficient (Wildman–Crippen LogP) is 1.48. The van der Waals surface area contributed by atoms with Gasteiger partial charge in [0.25, 0.3) is 0 Å². The number of halogens is 1. The molecule has 56 valence electrons. The molecule has 0 saturated carbocycles. The molecule has 0 unspecified atom stereocenters. The Balaban J connectivity index is 0.000001000. The van der Waals surface area contributed by atoms with Crippen LogP contribution in [0, 0.1) is 0 Å². The standard InChI is InChI=1S/C7H5ClO2.Pb/c8-6-2-1-5(4-9)7(10)3-6;/h1-4,10H;. The van der Waals surface area contributed by atoms with Crippen LogP contribution in [-0.4, -0.2) is 38.7 Å². The molecule has 1 aromatic rings. The fourth-order valence-corrected chi connectivity index (χ4v) is 0.783. The van der Waals surface area contributed by atoms with Crippen LogP contribution in [0.15, 0.2) is 18.2 Å². The summed E-state index contributed by atoms with van der Waals surface area (Å²) in [5.74, 6) is -0.0810. The normalized spacial score (nSPS) is 8.45. The molecule has 11 heavy (non-hydrogen) atoms. The monoisotopic (exact) mass is 364 g/mol. The molecule has 0 atom stereocenters. The van der Waals surface area contributed by atoms with Gasteiger partial charge >= 0.3 is 0 Å². The van der Waals surface area contributed by atoms with Crippen molar-refractivity contribution in [3.05, 3.63) is 28.8 Å². The molecule has 0 heterocycles. The maximum absolute atomic E-state index is 10.1. The first-order valence-electron chi connectivity index (χ1n) is 2.68. The van der Waals surface area contributed by atoms with E-state index in [0.717, 1.165) is 0 Å². The van der Waals surface area contributed by atoms with Crippen LogP contribution >= 0.6 is 11.6 Å². The topological polar surface area (TPSA) is 37.3 Å². The Morgan fingerprint density at radius 1 is 1.45 bits per heavy atom. The molecule has 0 aliphatic rings. The van der Waals surface area contributed by atoms with Gasteiger partial charge in [0.2, 0.25) is 0 Å². The van der Waals surface area contributed by atoms with E-state index in [4.69, 9.17) is 16.7 Å². The summed E-state index contributed by atoms with van der Waals surface area (Å²) < 4.78 is 0. The molecule has 1 aromatic carbocycles. The maximum Gasteiger partial charge on any atom is 0.153 e. The van der Waals surface area contributed by atoms with Crippen molar-refractivity contribution in [1.82, 2.24) is 0 Å². The number of hydrogen-bond donors (Lipinski definition) is 1. The predicted molar refractivity (Wildman–Crippen MR) is 44.3 cm³/mol. The van der Waals surface area contributed by atoms with E-state index >= 15 is 0 Å². The van der Waals surface area contributed by atoms with Gasteiger partial charge in [0, 0.05) is 32.3 Å². The van der Waals surface area contributed by atoms with Gasteiger partial charge in [-0.05, 0) is 18.2 Å².